The summed E-state index contributed by atoms with van der Waals surface area (Å²) in [6, 6.07) is 9.54. The molecule has 0 fully saturated rings. The normalized spacial score (nSPS) is 22.6. The van der Waals surface area contributed by atoms with E-state index in [-0.39, 0.29) is 5.91 Å². The number of anilines is 1. The van der Waals surface area contributed by atoms with Crippen molar-refractivity contribution in [1.29, 1.82) is 0 Å². The molecule has 0 bridgehead atoms. The number of amides is 1. The summed E-state index contributed by atoms with van der Waals surface area (Å²) in [7, 11) is -1.82. The molecule has 0 saturated heterocycles. The van der Waals surface area contributed by atoms with Gasteiger partial charge in [-0.3, -0.25) is 9.69 Å². The Morgan fingerprint density at radius 1 is 1.18 bits per heavy atom. The highest BCUT2D eigenvalue weighted by Gasteiger charge is 2.52. The second kappa shape index (κ2) is 6.01. The van der Waals surface area contributed by atoms with Crippen LogP contribution in [0, 0.1) is 0 Å². The van der Waals surface area contributed by atoms with Crippen molar-refractivity contribution in [3.63, 3.8) is 0 Å². The Kier molecular flexibility index (Phi) is 4.64. The molecule has 1 aromatic rings. The molecule has 1 N–H and O–H groups in total. The van der Waals surface area contributed by atoms with E-state index < -0.39 is 13.8 Å². The van der Waals surface area contributed by atoms with Gasteiger partial charge in [-0.2, -0.15) is 0 Å². The zero-order valence-corrected chi connectivity index (χ0v) is 15.3. The van der Waals surface area contributed by atoms with Gasteiger partial charge < -0.3 is 5.11 Å². The van der Waals surface area contributed by atoms with Crippen molar-refractivity contribution >= 4 is 19.7 Å². The Morgan fingerprint density at radius 3 is 2.27 bits per heavy atom. The summed E-state index contributed by atoms with van der Waals surface area (Å²) >= 11 is 0. The average molecular weight is 318 g/mol. The Labute approximate surface area is 134 Å². The molecule has 22 heavy (non-hydrogen) atoms. The van der Waals surface area contributed by atoms with E-state index in [0.29, 0.717) is 6.42 Å². The highest BCUT2D eigenvalue weighted by molar-refractivity contribution is 6.84. The van der Waals surface area contributed by atoms with Crippen molar-refractivity contribution in [1.82, 2.24) is 0 Å². The van der Waals surface area contributed by atoms with Gasteiger partial charge in [0.15, 0.2) is 5.72 Å². The smallest absolute Gasteiger partial charge is 0.256 e. The summed E-state index contributed by atoms with van der Waals surface area (Å²) in [4.78, 5) is 14.5. The SMILES string of the molecule is CCCCC1(O)C([Si](C)(C)C)=C(C)C(=O)N1c1ccccc1. The second-order valence-electron chi connectivity index (χ2n) is 7.15. The molecule has 0 spiro atoms. The van der Waals surface area contributed by atoms with Crippen LogP contribution in [0.3, 0.4) is 0 Å². The zero-order chi connectivity index (χ0) is 16.5. The molecule has 0 saturated carbocycles. The lowest BCUT2D eigenvalue weighted by Gasteiger charge is -2.40. The Balaban J connectivity index is 2.58. The minimum atomic E-state index is -1.82. The molecule has 0 aliphatic carbocycles. The number of para-hydroxylation sites is 1. The molecule has 1 aromatic carbocycles. The van der Waals surface area contributed by atoms with E-state index in [0.717, 1.165) is 29.3 Å². The number of hydrogen-bond acceptors (Lipinski definition) is 2. The third kappa shape index (κ3) is 2.77. The van der Waals surface area contributed by atoms with Crippen molar-refractivity contribution in [2.24, 2.45) is 0 Å². The molecule has 0 radical (unpaired) electrons. The summed E-state index contributed by atoms with van der Waals surface area (Å²) in [6.45, 7) is 10.6. The highest BCUT2D eigenvalue weighted by atomic mass is 28.3. The summed E-state index contributed by atoms with van der Waals surface area (Å²) in [5.74, 6) is -0.0535. The Bertz CT molecular complexity index is 589. The van der Waals surface area contributed by atoms with E-state index in [1.54, 1.807) is 4.90 Å². The van der Waals surface area contributed by atoms with Gasteiger partial charge in [0.2, 0.25) is 0 Å². The standard InChI is InChI=1S/C18H27NO2Si/c1-6-7-13-18(21)16(22(3,4)5)14(2)17(20)19(18)15-11-9-8-10-12-15/h8-12,21H,6-7,13H2,1-5H3. The number of unbranched alkanes of at least 4 members (excludes halogenated alkanes) is 1. The van der Waals surface area contributed by atoms with E-state index in [4.69, 9.17) is 0 Å². The van der Waals surface area contributed by atoms with E-state index >= 15 is 0 Å². The fourth-order valence-corrected chi connectivity index (χ4v) is 6.26. The van der Waals surface area contributed by atoms with E-state index in [9.17, 15) is 9.90 Å². The van der Waals surface area contributed by atoms with Crippen LogP contribution in [0.25, 0.3) is 0 Å². The van der Waals surface area contributed by atoms with E-state index in [1.807, 2.05) is 37.3 Å². The molecule has 3 nitrogen and oxygen atoms in total. The average Bonchev–Trinajstić information content (AvgIpc) is 2.65. The first-order valence-electron chi connectivity index (χ1n) is 8.07. The van der Waals surface area contributed by atoms with Crippen molar-refractivity contribution in [3.8, 4) is 0 Å². The minimum absolute atomic E-state index is 0.0535. The lowest BCUT2D eigenvalue weighted by Crippen LogP contribution is -2.53. The third-order valence-corrected chi connectivity index (χ3v) is 6.59. The van der Waals surface area contributed by atoms with Gasteiger partial charge in [-0.05, 0) is 37.1 Å². The molecule has 1 amide bonds. The number of aliphatic hydroxyl groups is 1. The molecule has 120 valence electrons. The van der Waals surface area contributed by atoms with Gasteiger partial charge in [-0.25, -0.2) is 0 Å². The van der Waals surface area contributed by atoms with Crippen LogP contribution in [0.4, 0.5) is 5.69 Å². The van der Waals surface area contributed by atoms with Crippen molar-refractivity contribution in [3.05, 3.63) is 41.1 Å². The van der Waals surface area contributed by atoms with Crippen molar-refractivity contribution in [2.45, 2.75) is 58.5 Å². The van der Waals surface area contributed by atoms with Gasteiger partial charge in [-0.15, -0.1) is 0 Å². The Hall–Kier alpha value is -1.39. The second-order valence-corrected chi connectivity index (χ2v) is 12.1. The van der Waals surface area contributed by atoms with Crippen LogP contribution < -0.4 is 4.90 Å². The molecule has 1 aliphatic heterocycles. The fourth-order valence-electron chi connectivity index (χ4n) is 3.59. The van der Waals surface area contributed by atoms with E-state index in [1.165, 1.54) is 0 Å². The topological polar surface area (TPSA) is 40.5 Å². The number of hydrogen-bond donors (Lipinski definition) is 1. The molecule has 1 unspecified atom stereocenters. The molecule has 1 heterocycles. The summed E-state index contributed by atoms with van der Waals surface area (Å²) in [5.41, 5.74) is 0.351. The van der Waals surface area contributed by atoms with Crippen molar-refractivity contribution in [2.75, 3.05) is 4.90 Å². The summed E-state index contributed by atoms with van der Waals surface area (Å²) in [5, 5.41) is 12.5. The minimum Gasteiger partial charge on any atom is -0.367 e. The van der Waals surface area contributed by atoms with Crippen LogP contribution in [0.5, 0.6) is 0 Å². The first kappa shape index (κ1) is 17.0. The first-order valence-corrected chi connectivity index (χ1v) is 11.6. The number of carbonyl (C=O) groups excluding carboxylic acids is 1. The molecule has 2 rings (SSSR count). The maximum atomic E-state index is 12.9. The first-order chi connectivity index (χ1) is 10.2. The zero-order valence-electron chi connectivity index (χ0n) is 14.3. The largest absolute Gasteiger partial charge is 0.367 e. The fraction of sp³-hybridized carbons (Fsp3) is 0.500. The number of nitrogens with zero attached hydrogens (tertiary/aromatic N) is 1. The van der Waals surface area contributed by atoms with Crippen LogP contribution in [-0.4, -0.2) is 24.8 Å². The molecule has 4 heteroatoms. The van der Waals surface area contributed by atoms with Crippen molar-refractivity contribution < 1.29 is 9.90 Å². The molecule has 1 aliphatic rings. The lowest BCUT2D eigenvalue weighted by atomic mass is 10.0. The predicted octanol–water partition coefficient (Wildman–Crippen LogP) is 4.11. The summed E-state index contributed by atoms with van der Waals surface area (Å²) in [6.07, 6.45) is 2.49. The highest BCUT2D eigenvalue weighted by Crippen LogP contribution is 2.44. The van der Waals surface area contributed by atoms with E-state index in [2.05, 4.69) is 26.6 Å². The molecular formula is C18H27NO2Si. The van der Waals surface area contributed by atoms with Gasteiger partial charge >= 0.3 is 0 Å². The van der Waals surface area contributed by atoms with Gasteiger partial charge in [-0.1, -0.05) is 51.2 Å². The number of benzene rings is 1. The van der Waals surface area contributed by atoms with Gasteiger partial charge in [0.25, 0.3) is 5.91 Å². The van der Waals surface area contributed by atoms with Gasteiger partial charge in [0.1, 0.15) is 0 Å². The van der Waals surface area contributed by atoms with Crippen LogP contribution in [0.1, 0.15) is 33.1 Å². The van der Waals surface area contributed by atoms with Crippen LogP contribution >= 0.6 is 0 Å². The maximum absolute atomic E-state index is 12.9. The Morgan fingerprint density at radius 2 is 1.77 bits per heavy atom. The molecule has 0 aromatic heterocycles. The van der Waals surface area contributed by atoms with Crippen LogP contribution in [-0.2, 0) is 4.79 Å². The van der Waals surface area contributed by atoms with Crippen LogP contribution in [0.2, 0.25) is 19.6 Å². The number of carbonyl (C=O) groups is 1. The molecule has 1 atom stereocenters. The monoisotopic (exact) mass is 317 g/mol. The lowest BCUT2D eigenvalue weighted by molar-refractivity contribution is -0.117. The molecular weight excluding hydrogens is 290 g/mol. The number of rotatable bonds is 5. The predicted molar refractivity (Wildman–Crippen MR) is 94.4 cm³/mol. The summed E-state index contributed by atoms with van der Waals surface area (Å²) < 4.78 is 0. The van der Waals surface area contributed by atoms with Gasteiger partial charge in [0.05, 0.1) is 8.07 Å². The van der Waals surface area contributed by atoms with Gasteiger partial charge in [0, 0.05) is 11.3 Å². The quantitative estimate of drug-likeness (QED) is 0.830. The van der Waals surface area contributed by atoms with Crippen LogP contribution in [0.15, 0.2) is 41.1 Å². The third-order valence-electron chi connectivity index (χ3n) is 4.31. The maximum Gasteiger partial charge on any atom is 0.256 e.